The van der Waals surface area contributed by atoms with E-state index in [1.54, 1.807) is 11.3 Å². The van der Waals surface area contributed by atoms with Crippen LogP contribution in [0.1, 0.15) is 10.4 Å². The Balaban J connectivity index is 2.86. The van der Waals surface area contributed by atoms with E-state index in [1.807, 2.05) is 12.1 Å². The smallest absolute Gasteiger partial charge is 0.0584 e. The predicted octanol–water partition coefficient (Wildman–Crippen LogP) is 3.32. The van der Waals surface area contributed by atoms with Crippen molar-refractivity contribution in [3.8, 4) is 0 Å². The predicted molar refractivity (Wildman–Crippen MR) is 59.5 cm³/mol. The molecular formula is C10H10ClNS. The van der Waals surface area contributed by atoms with Gasteiger partial charge in [0, 0.05) is 11.4 Å². The van der Waals surface area contributed by atoms with E-state index in [4.69, 9.17) is 17.3 Å². The summed E-state index contributed by atoms with van der Waals surface area (Å²) in [5.41, 5.74) is 6.90. The second-order valence-corrected chi connectivity index (χ2v) is 4.59. The first-order valence-electron chi connectivity index (χ1n) is 4.10. The minimum atomic E-state index is 0.589. The van der Waals surface area contributed by atoms with Crippen molar-refractivity contribution in [2.24, 2.45) is 5.73 Å². The lowest BCUT2D eigenvalue weighted by molar-refractivity contribution is 1.08. The van der Waals surface area contributed by atoms with Crippen molar-refractivity contribution >= 4 is 33.0 Å². The minimum absolute atomic E-state index is 0.589. The van der Waals surface area contributed by atoms with Crippen LogP contribution in [0.15, 0.2) is 18.2 Å². The molecule has 2 aromatic rings. The van der Waals surface area contributed by atoms with E-state index in [0.717, 1.165) is 9.72 Å². The highest BCUT2D eigenvalue weighted by molar-refractivity contribution is 7.19. The summed E-state index contributed by atoms with van der Waals surface area (Å²) in [5.74, 6) is 0. The first-order valence-corrected chi connectivity index (χ1v) is 5.30. The molecule has 0 amide bonds. The monoisotopic (exact) mass is 211 g/mol. The number of rotatable bonds is 1. The number of nitrogens with two attached hydrogens (primary N) is 1. The van der Waals surface area contributed by atoms with Gasteiger partial charge in [-0.1, -0.05) is 23.7 Å². The van der Waals surface area contributed by atoms with E-state index in [2.05, 4.69) is 13.0 Å². The van der Waals surface area contributed by atoms with Crippen LogP contribution in [-0.2, 0) is 6.54 Å². The van der Waals surface area contributed by atoms with Crippen LogP contribution in [0.2, 0.25) is 5.02 Å². The van der Waals surface area contributed by atoms with E-state index < -0.39 is 0 Å². The van der Waals surface area contributed by atoms with Crippen LogP contribution in [0.3, 0.4) is 0 Å². The lowest BCUT2D eigenvalue weighted by Crippen LogP contribution is -1.95. The minimum Gasteiger partial charge on any atom is -0.326 e. The second-order valence-electron chi connectivity index (χ2n) is 2.96. The summed E-state index contributed by atoms with van der Waals surface area (Å²) in [4.78, 5) is 1.27. The molecule has 1 heterocycles. The maximum Gasteiger partial charge on any atom is 0.0584 e. The van der Waals surface area contributed by atoms with E-state index in [1.165, 1.54) is 15.8 Å². The van der Waals surface area contributed by atoms with Crippen LogP contribution in [0.25, 0.3) is 10.1 Å². The number of fused-ring (bicyclic) bond motifs is 1. The Kier molecular flexibility index (Phi) is 2.28. The standard InChI is InChI=1S/C10H10ClNS/c1-6-8(5-12)7-3-2-4-9(11)10(7)13-6/h2-4H,5,12H2,1H3. The van der Waals surface area contributed by atoms with Gasteiger partial charge in [-0.3, -0.25) is 0 Å². The molecule has 3 heteroatoms. The highest BCUT2D eigenvalue weighted by Crippen LogP contribution is 2.35. The number of aryl methyl sites for hydroxylation is 1. The van der Waals surface area contributed by atoms with Gasteiger partial charge >= 0.3 is 0 Å². The first kappa shape index (κ1) is 9.00. The van der Waals surface area contributed by atoms with Crippen LogP contribution >= 0.6 is 22.9 Å². The summed E-state index contributed by atoms with van der Waals surface area (Å²) < 4.78 is 1.15. The molecule has 0 radical (unpaired) electrons. The third-order valence-electron chi connectivity index (χ3n) is 2.18. The molecule has 0 aliphatic carbocycles. The van der Waals surface area contributed by atoms with Gasteiger partial charge in [0.15, 0.2) is 0 Å². The summed E-state index contributed by atoms with van der Waals surface area (Å²) in [5, 5.41) is 2.03. The number of thiophene rings is 1. The fourth-order valence-electron chi connectivity index (χ4n) is 1.51. The first-order chi connectivity index (χ1) is 6.24. The Labute approximate surface area is 86.1 Å². The van der Waals surface area contributed by atoms with Crippen LogP contribution in [0, 0.1) is 6.92 Å². The highest BCUT2D eigenvalue weighted by atomic mass is 35.5. The van der Waals surface area contributed by atoms with Crippen molar-refractivity contribution < 1.29 is 0 Å². The van der Waals surface area contributed by atoms with Crippen LogP contribution in [0.4, 0.5) is 0 Å². The molecule has 0 bridgehead atoms. The van der Waals surface area contributed by atoms with Crippen LogP contribution in [0.5, 0.6) is 0 Å². The van der Waals surface area contributed by atoms with Gasteiger partial charge < -0.3 is 5.73 Å². The summed E-state index contributed by atoms with van der Waals surface area (Å²) in [6, 6.07) is 5.96. The number of hydrogen-bond donors (Lipinski definition) is 1. The Morgan fingerprint density at radius 1 is 1.46 bits per heavy atom. The molecule has 0 fully saturated rings. The molecule has 1 nitrogen and oxygen atoms in total. The van der Waals surface area contributed by atoms with Gasteiger partial charge in [0.1, 0.15) is 0 Å². The lowest BCUT2D eigenvalue weighted by atomic mass is 10.1. The molecule has 0 saturated heterocycles. The third kappa shape index (κ3) is 1.35. The summed E-state index contributed by atoms with van der Waals surface area (Å²) in [6.45, 7) is 2.68. The zero-order chi connectivity index (χ0) is 9.42. The van der Waals surface area contributed by atoms with Crippen molar-refractivity contribution in [3.05, 3.63) is 33.7 Å². The summed E-state index contributed by atoms with van der Waals surface area (Å²) >= 11 is 7.79. The Morgan fingerprint density at radius 3 is 2.92 bits per heavy atom. The van der Waals surface area contributed by atoms with Crippen molar-refractivity contribution in [3.63, 3.8) is 0 Å². The van der Waals surface area contributed by atoms with Crippen LogP contribution < -0.4 is 5.73 Å². The van der Waals surface area contributed by atoms with E-state index >= 15 is 0 Å². The molecular weight excluding hydrogens is 202 g/mol. The largest absolute Gasteiger partial charge is 0.326 e. The van der Waals surface area contributed by atoms with Gasteiger partial charge in [-0.2, -0.15) is 0 Å². The van der Waals surface area contributed by atoms with Gasteiger partial charge in [0.05, 0.1) is 9.72 Å². The Hall–Kier alpha value is -0.570. The summed E-state index contributed by atoms with van der Waals surface area (Å²) in [7, 11) is 0. The van der Waals surface area contributed by atoms with Crippen molar-refractivity contribution in [2.45, 2.75) is 13.5 Å². The maximum absolute atomic E-state index is 6.07. The van der Waals surface area contributed by atoms with E-state index in [0.29, 0.717) is 6.54 Å². The fourth-order valence-corrected chi connectivity index (χ4v) is 2.89. The van der Waals surface area contributed by atoms with Gasteiger partial charge in [-0.25, -0.2) is 0 Å². The maximum atomic E-state index is 6.07. The number of halogens is 1. The quantitative estimate of drug-likeness (QED) is 0.770. The molecule has 2 N–H and O–H groups in total. The van der Waals surface area contributed by atoms with Gasteiger partial charge in [0.2, 0.25) is 0 Å². The summed E-state index contributed by atoms with van der Waals surface area (Å²) in [6.07, 6.45) is 0. The van der Waals surface area contributed by atoms with Crippen LogP contribution in [-0.4, -0.2) is 0 Å². The normalized spacial score (nSPS) is 11.0. The molecule has 2 rings (SSSR count). The molecule has 1 aromatic carbocycles. The Morgan fingerprint density at radius 2 is 2.23 bits per heavy atom. The van der Waals surface area contributed by atoms with Crippen molar-refractivity contribution in [2.75, 3.05) is 0 Å². The van der Waals surface area contributed by atoms with Gasteiger partial charge in [-0.15, -0.1) is 11.3 Å². The lowest BCUT2D eigenvalue weighted by Gasteiger charge is -1.95. The van der Waals surface area contributed by atoms with Gasteiger partial charge in [-0.05, 0) is 23.9 Å². The van der Waals surface area contributed by atoms with E-state index in [9.17, 15) is 0 Å². The van der Waals surface area contributed by atoms with E-state index in [-0.39, 0.29) is 0 Å². The average Bonchev–Trinajstić information content (AvgIpc) is 2.43. The molecule has 0 spiro atoms. The number of benzene rings is 1. The van der Waals surface area contributed by atoms with Gasteiger partial charge in [0.25, 0.3) is 0 Å². The topological polar surface area (TPSA) is 26.0 Å². The molecule has 0 unspecified atom stereocenters. The molecule has 0 saturated carbocycles. The molecule has 0 atom stereocenters. The van der Waals surface area contributed by atoms with Crippen molar-refractivity contribution in [1.82, 2.24) is 0 Å². The average molecular weight is 212 g/mol. The fraction of sp³-hybridized carbons (Fsp3) is 0.200. The molecule has 1 aromatic heterocycles. The Bertz CT molecular complexity index is 447. The zero-order valence-electron chi connectivity index (χ0n) is 7.30. The highest BCUT2D eigenvalue weighted by Gasteiger charge is 2.08. The molecule has 68 valence electrons. The second kappa shape index (κ2) is 3.29. The van der Waals surface area contributed by atoms with Crippen molar-refractivity contribution in [1.29, 1.82) is 0 Å². The molecule has 0 aliphatic rings. The molecule has 13 heavy (non-hydrogen) atoms. The third-order valence-corrected chi connectivity index (χ3v) is 3.80. The SMILES string of the molecule is Cc1sc2c(Cl)cccc2c1CN. The number of hydrogen-bond acceptors (Lipinski definition) is 2. The molecule has 0 aliphatic heterocycles. The zero-order valence-corrected chi connectivity index (χ0v) is 8.88.